The molecule has 0 amide bonds. The van der Waals surface area contributed by atoms with Crippen LogP contribution in [0.25, 0.3) is 0 Å². The number of ketones is 1. The average molecular weight is 479 g/mol. The largest absolute Gasteiger partial charge is 0.481 e. The first-order chi connectivity index (χ1) is 15.4. The van der Waals surface area contributed by atoms with Crippen LogP contribution in [-0.4, -0.2) is 52.2 Å². The molecule has 0 unspecified atom stereocenters. The Bertz CT molecular complexity index is 947. The number of aliphatic hydroxyl groups is 1. The van der Waals surface area contributed by atoms with Gasteiger partial charge in [-0.3, -0.25) is 14.4 Å². The van der Waals surface area contributed by atoms with Crippen LogP contribution in [0.3, 0.4) is 0 Å². The van der Waals surface area contributed by atoms with E-state index in [4.69, 9.17) is 9.47 Å². The van der Waals surface area contributed by atoms with Crippen LogP contribution in [0, 0.1) is 34.0 Å². The summed E-state index contributed by atoms with van der Waals surface area (Å²) in [5, 5.41) is 20.5. The van der Waals surface area contributed by atoms with Gasteiger partial charge in [0.15, 0.2) is 5.78 Å². The van der Waals surface area contributed by atoms with E-state index in [-0.39, 0.29) is 18.3 Å². The SMILES string of the molecule is C=C1C[C@H]2[C@](C)(CCC(=O)O)[C@@H](C(C)(C)O)CC[C@]2(C)[C@H]2C(=O)O[C@@](C)(C(=O)OC)C(=O)[C@]12C. The Kier molecular flexibility index (Phi) is 6.13. The number of hydrogen-bond acceptors (Lipinski definition) is 7. The molecule has 0 aromatic heterocycles. The van der Waals surface area contributed by atoms with Gasteiger partial charge in [-0.25, -0.2) is 4.79 Å². The first-order valence-electron chi connectivity index (χ1n) is 11.9. The van der Waals surface area contributed by atoms with Crippen molar-refractivity contribution in [3.05, 3.63) is 12.2 Å². The van der Waals surface area contributed by atoms with Crippen molar-refractivity contribution in [3.63, 3.8) is 0 Å². The van der Waals surface area contributed by atoms with Crippen molar-refractivity contribution in [2.75, 3.05) is 7.11 Å². The molecule has 2 saturated carbocycles. The van der Waals surface area contributed by atoms with Crippen molar-refractivity contribution < 1.29 is 38.9 Å². The quantitative estimate of drug-likeness (QED) is 0.350. The van der Waals surface area contributed by atoms with E-state index in [1.165, 1.54) is 6.92 Å². The van der Waals surface area contributed by atoms with Crippen LogP contribution in [0.5, 0.6) is 0 Å². The summed E-state index contributed by atoms with van der Waals surface area (Å²) in [5.74, 6) is -4.37. The van der Waals surface area contributed by atoms with Crippen molar-refractivity contribution in [3.8, 4) is 0 Å². The molecule has 1 aliphatic heterocycles. The summed E-state index contributed by atoms with van der Waals surface area (Å²) in [6.45, 7) is 14.6. The van der Waals surface area contributed by atoms with E-state index >= 15 is 0 Å². The normalized spacial score (nSPS) is 42.4. The Morgan fingerprint density at radius 2 is 1.79 bits per heavy atom. The summed E-state index contributed by atoms with van der Waals surface area (Å²) >= 11 is 0. The van der Waals surface area contributed by atoms with Gasteiger partial charge in [0.25, 0.3) is 5.60 Å². The Morgan fingerprint density at radius 1 is 1.21 bits per heavy atom. The van der Waals surface area contributed by atoms with Gasteiger partial charge in [-0.1, -0.05) is 26.0 Å². The fraction of sp³-hybridized carbons (Fsp3) is 0.769. The maximum absolute atomic E-state index is 13.8. The number of hydrogen-bond donors (Lipinski definition) is 2. The van der Waals surface area contributed by atoms with Gasteiger partial charge in [0.1, 0.15) is 0 Å². The fourth-order valence-corrected chi connectivity index (χ4v) is 7.90. The van der Waals surface area contributed by atoms with Gasteiger partial charge >= 0.3 is 17.9 Å². The van der Waals surface area contributed by atoms with Crippen molar-refractivity contribution in [1.29, 1.82) is 0 Å². The number of carboxylic acid groups (broad SMARTS) is 1. The second-order valence-electron chi connectivity index (χ2n) is 11.9. The van der Waals surface area contributed by atoms with Crippen molar-refractivity contribution in [2.24, 2.45) is 34.0 Å². The zero-order valence-electron chi connectivity index (χ0n) is 21.3. The maximum atomic E-state index is 13.8. The molecule has 34 heavy (non-hydrogen) atoms. The summed E-state index contributed by atoms with van der Waals surface area (Å²) in [6.07, 6.45) is 1.72. The van der Waals surface area contributed by atoms with E-state index in [9.17, 15) is 29.4 Å². The van der Waals surface area contributed by atoms with Gasteiger partial charge < -0.3 is 19.7 Å². The molecule has 0 aromatic carbocycles. The maximum Gasteiger partial charge on any atom is 0.358 e. The number of esters is 2. The molecule has 8 nitrogen and oxygen atoms in total. The topological polar surface area (TPSA) is 127 Å². The molecule has 2 aliphatic carbocycles. The van der Waals surface area contributed by atoms with Crippen LogP contribution >= 0.6 is 0 Å². The van der Waals surface area contributed by atoms with Crippen LogP contribution in [0.2, 0.25) is 0 Å². The minimum absolute atomic E-state index is 0.0755. The third kappa shape index (κ3) is 3.43. The average Bonchev–Trinajstić information content (AvgIpc) is 2.71. The second kappa shape index (κ2) is 7.90. The molecule has 2 N–H and O–H groups in total. The molecular formula is C26H38O8. The highest BCUT2D eigenvalue weighted by Gasteiger charge is 2.73. The van der Waals surface area contributed by atoms with Crippen LogP contribution in [0.4, 0.5) is 0 Å². The Labute approximate surface area is 201 Å². The van der Waals surface area contributed by atoms with Gasteiger partial charge in [0.05, 0.1) is 24.0 Å². The minimum atomic E-state index is -2.06. The lowest BCUT2D eigenvalue weighted by Gasteiger charge is -2.66. The van der Waals surface area contributed by atoms with E-state index in [0.29, 0.717) is 31.3 Å². The minimum Gasteiger partial charge on any atom is -0.481 e. The third-order valence-corrected chi connectivity index (χ3v) is 9.53. The molecule has 7 atom stereocenters. The van der Waals surface area contributed by atoms with Gasteiger partial charge in [-0.05, 0) is 76.0 Å². The number of methoxy groups -OCH3 is 1. The van der Waals surface area contributed by atoms with Gasteiger partial charge in [-0.2, -0.15) is 0 Å². The summed E-state index contributed by atoms with van der Waals surface area (Å²) in [6, 6.07) is 0. The number of carboxylic acids is 1. The summed E-state index contributed by atoms with van der Waals surface area (Å²) in [4.78, 5) is 51.5. The molecule has 3 fully saturated rings. The first-order valence-corrected chi connectivity index (χ1v) is 11.9. The van der Waals surface area contributed by atoms with Gasteiger partial charge in [0, 0.05) is 6.42 Å². The van der Waals surface area contributed by atoms with Crippen LogP contribution in [0.15, 0.2) is 12.2 Å². The first kappa shape index (κ1) is 26.4. The molecule has 0 spiro atoms. The molecular weight excluding hydrogens is 440 g/mol. The smallest absolute Gasteiger partial charge is 0.358 e. The molecule has 0 aromatic rings. The zero-order chi connectivity index (χ0) is 26.1. The van der Waals surface area contributed by atoms with E-state index < -0.39 is 57.1 Å². The Hall–Kier alpha value is -2.22. The van der Waals surface area contributed by atoms with Crippen molar-refractivity contribution in [1.82, 2.24) is 0 Å². The predicted molar refractivity (Wildman–Crippen MR) is 122 cm³/mol. The number of carbonyl (C=O) groups is 4. The zero-order valence-corrected chi connectivity index (χ0v) is 21.3. The predicted octanol–water partition coefficient (Wildman–Crippen LogP) is 3.30. The van der Waals surface area contributed by atoms with E-state index in [1.54, 1.807) is 20.8 Å². The summed E-state index contributed by atoms with van der Waals surface area (Å²) in [7, 11) is 1.14. The Balaban J connectivity index is 2.17. The van der Waals surface area contributed by atoms with Crippen molar-refractivity contribution >= 4 is 23.7 Å². The van der Waals surface area contributed by atoms with Crippen LogP contribution < -0.4 is 0 Å². The number of fused-ring (bicyclic) bond motifs is 3. The highest BCUT2D eigenvalue weighted by molar-refractivity contribution is 6.15. The number of carbonyl (C=O) groups excluding carboxylic acids is 3. The molecule has 3 rings (SSSR count). The van der Waals surface area contributed by atoms with Gasteiger partial charge in [0.2, 0.25) is 0 Å². The van der Waals surface area contributed by atoms with Crippen LogP contribution in [0.1, 0.15) is 73.6 Å². The number of aliphatic carboxylic acids is 1. The highest BCUT2D eigenvalue weighted by atomic mass is 16.6. The summed E-state index contributed by atoms with van der Waals surface area (Å²) < 4.78 is 10.3. The fourth-order valence-electron chi connectivity index (χ4n) is 7.90. The third-order valence-electron chi connectivity index (χ3n) is 9.53. The lowest BCUT2D eigenvalue weighted by atomic mass is 9.37. The number of ether oxygens (including phenoxy) is 2. The van der Waals surface area contributed by atoms with E-state index in [0.717, 1.165) is 7.11 Å². The molecule has 190 valence electrons. The second-order valence-corrected chi connectivity index (χ2v) is 11.9. The van der Waals surface area contributed by atoms with E-state index in [1.807, 2.05) is 13.8 Å². The lowest BCUT2D eigenvalue weighted by molar-refractivity contribution is -0.225. The lowest BCUT2D eigenvalue weighted by Crippen LogP contribution is -2.71. The molecule has 0 radical (unpaired) electrons. The monoisotopic (exact) mass is 478 g/mol. The molecule has 1 heterocycles. The molecule has 3 aliphatic rings. The molecule has 1 saturated heterocycles. The molecule has 0 bridgehead atoms. The van der Waals surface area contributed by atoms with E-state index in [2.05, 4.69) is 6.58 Å². The van der Waals surface area contributed by atoms with Gasteiger partial charge in [-0.15, -0.1) is 0 Å². The number of rotatable bonds is 5. The summed E-state index contributed by atoms with van der Waals surface area (Å²) in [5.41, 5.74) is -5.30. The number of Topliss-reactive ketones (excluding diaryl/α,β-unsaturated/α-hetero) is 1. The molecule has 8 heteroatoms. The number of allylic oxidation sites excluding steroid dienone is 1. The highest BCUT2D eigenvalue weighted by Crippen LogP contribution is 2.70. The Morgan fingerprint density at radius 3 is 2.29 bits per heavy atom. The van der Waals surface area contributed by atoms with Crippen LogP contribution in [-0.2, 0) is 28.7 Å². The number of cyclic esters (lactones) is 1. The standard InChI is InChI=1S/C26H38O8/c1-14-13-16-23(4,12-10-17(27)28)15(22(2,3)32)9-11-24(16,5)18-19(29)34-26(7,21(31)33-8)20(30)25(14,18)6/h15-16,18,32H,1,9-13H2,2-8H3,(H,27,28)/t15-,16+,18-,23-,24+,25-,26-/m1/s1. The van der Waals surface area contributed by atoms with Crippen molar-refractivity contribution in [2.45, 2.75) is 84.8 Å².